The quantitative estimate of drug-likeness (QED) is 0.521. The summed E-state index contributed by atoms with van der Waals surface area (Å²) in [5.41, 5.74) is 3.14. The van der Waals surface area contributed by atoms with Gasteiger partial charge in [-0.3, -0.25) is 9.10 Å². The summed E-state index contributed by atoms with van der Waals surface area (Å²) in [6.45, 7) is 2.04. The summed E-state index contributed by atoms with van der Waals surface area (Å²) in [5, 5.41) is 0. The number of hydrogen-bond acceptors (Lipinski definition) is 4. The first-order chi connectivity index (χ1) is 14.8. The van der Waals surface area contributed by atoms with E-state index in [-0.39, 0.29) is 16.8 Å². The van der Waals surface area contributed by atoms with E-state index in [0.717, 1.165) is 17.0 Å². The van der Waals surface area contributed by atoms with Crippen LogP contribution < -0.4 is 9.21 Å². The fraction of sp³-hybridized carbons (Fsp3) is 0.208. The largest absolute Gasteiger partial charge is 0.305 e. The fourth-order valence-corrected chi connectivity index (χ4v) is 5.48. The third-order valence-corrected chi connectivity index (χ3v) is 8.17. The Hall–Kier alpha value is -2.77. The van der Waals surface area contributed by atoms with Crippen molar-refractivity contribution in [3.63, 3.8) is 0 Å². The third-order valence-electron chi connectivity index (χ3n) is 5.62. The topological polar surface area (TPSA) is 57.7 Å². The average molecular weight is 453 g/mol. The molecule has 0 aromatic heterocycles. The van der Waals surface area contributed by atoms with Crippen LogP contribution in [0.25, 0.3) is 0 Å². The van der Waals surface area contributed by atoms with E-state index >= 15 is 0 Å². The number of nitrogens with zero attached hydrogens (tertiary/aromatic N) is 2. The second-order valence-corrected chi connectivity index (χ2v) is 10.4. The van der Waals surface area contributed by atoms with Gasteiger partial charge in [0.1, 0.15) is 0 Å². The van der Waals surface area contributed by atoms with Crippen LogP contribution in [0.2, 0.25) is 0 Å². The minimum Gasteiger partial charge on any atom is -0.305 e. The zero-order valence-corrected chi connectivity index (χ0v) is 19.3. The zero-order valence-electron chi connectivity index (χ0n) is 17.6. The monoisotopic (exact) mass is 452 g/mol. The van der Waals surface area contributed by atoms with Crippen molar-refractivity contribution in [2.75, 3.05) is 22.5 Å². The minimum absolute atomic E-state index is 0.0804. The Balaban J connectivity index is 1.57. The Morgan fingerprint density at radius 2 is 1.65 bits per heavy atom. The Kier molecular flexibility index (Phi) is 5.81. The standard InChI is InChI=1S/C24H24N2O3S2/c1-17-16-19-6-4-5-7-23(19)26(17)24(27)18-8-10-20(11-9-18)25(2)31(28,29)22-14-12-21(30-3)13-15-22/h4-15,17H,16H2,1-3H3/t17-/m1/s1. The number of thioether (sulfide) groups is 1. The second kappa shape index (κ2) is 8.40. The number of amides is 1. The van der Waals surface area contributed by atoms with E-state index in [9.17, 15) is 13.2 Å². The normalized spacial score (nSPS) is 15.6. The maximum atomic E-state index is 13.2. The molecule has 0 aliphatic carbocycles. The van der Waals surface area contributed by atoms with Crippen molar-refractivity contribution in [3.05, 3.63) is 83.9 Å². The molecule has 1 amide bonds. The highest BCUT2D eigenvalue weighted by Crippen LogP contribution is 2.33. The van der Waals surface area contributed by atoms with Gasteiger partial charge in [-0.1, -0.05) is 18.2 Å². The van der Waals surface area contributed by atoms with Crippen LogP contribution in [0.15, 0.2) is 82.6 Å². The van der Waals surface area contributed by atoms with E-state index in [1.165, 1.54) is 16.9 Å². The molecule has 0 N–H and O–H groups in total. The predicted octanol–water partition coefficient (Wildman–Crippen LogP) is 4.83. The third kappa shape index (κ3) is 3.95. The van der Waals surface area contributed by atoms with Crippen LogP contribution >= 0.6 is 11.8 Å². The van der Waals surface area contributed by atoms with E-state index in [1.807, 2.05) is 42.3 Å². The van der Waals surface area contributed by atoms with Crippen LogP contribution in [0.5, 0.6) is 0 Å². The Morgan fingerprint density at radius 3 is 2.29 bits per heavy atom. The van der Waals surface area contributed by atoms with Gasteiger partial charge in [0, 0.05) is 29.2 Å². The van der Waals surface area contributed by atoms with Crippen LogP contribution in [0.3, 0.4) is 0 Å². The maximum Gasteiger partial charge on any atom is 0.264 e. The molecular formula is C24H24N2O3S2. The second-order valence-electron chi connectivity index (χ2n) is 7.55. The number of carbonyl (C=O) groups is 1. The highest BCUT2D eigenvalue weighted by atomic mass is 32.2. The molecular weight excluding hydrogens is 428 g/mol. The minimum atomic E-state index is -3.69. The van der Waals surface area contributed by atoms with Gasteiger partial charge >= 0.3 is 0 Å². The SMILES string of the molecule is CSc1ccc(S(=O)(=O)N(C)c2ccc(C(=O)N3c4ccccc4C[C@H]3C)cc2)cc1. The predicted molar refractivity (Wildman–Crippen MR) is 127 cm³/mol. The molecule has 0 unspecified atom stereocenters. The molecule has 4 rings (SSSR count). The van der Waals surface area contributed by atoms with E-state index in [2.05, 4.69) is 0 Å². The molecule has 0 bridgehead atoms. The van der Waals surface area contributed by atoms with Crippen molar-refractivity contribution < 1.29 is 13.2 Å². The number of anilines is 2. The van der Waals surface area contributed by atoms with Gasteiger partial charge in [0.25, 0.3) is 15.9 Å². The Morgan fingerprint density at radius 1 is 1.00 bits per heavy atom. The summed E-state index contributed by atoms with van der Waals surface area (Å²) in [5.74, 6) is -0.0813. The summed E-state index contributed by atoms with van der Waals surface area (Å²) in [7, 11) is -2.16. The molecule has 0 radical (unpaired) electrons. The van der Waals surface area contributed by atoms with Crippen LogP contribution in [0.1, 0.15) is 22.8 Å². The Labute approximate surface area is 187 Å². The highest BCUT2D eigenvalue weighted by Gasteiger charge is 2.31. The summed E-state index contributed by atoms with van der Waals surface area (Å²) in [4.78, 5) is 16.2. The molecule has 3 aromatic rings. The van der Waals surface area contributed by atoms with E-state index in [4.69, 9.17) is 0 Å². The van der Waals surface area contributed by atoms with Gasteiger partial charge < -0.3 is 4.90 Å². The number of para-hydroxylation sites is 1. The summed E-state index contributed by atoms with van der Waals surface area (Å²) in [6, 6.07) is 21.6. The lowest BCUT2D eigenvalue weighted by Gasteiger charge is -2.23. The highest BCUT2D eigenvalue weighted by molar-refractivity contribution is 7.98. The van der Waals surface area contributed by atoms with Crippen molar-refractivity contribution in [2.45, 2.75) is 29.2 Å². The number of rotatable bonds is 5. The fourth-order valence-electron chi connectivity index (χ4n) is 3.87. The van der Waals surface area contributed by atoms with Crippen LogP contribution in [0.4, 0.5) is 11.4 Å². The van der Waals surface area contributed by atoms with Gasteiger partial charge in [0.05, 0.1) is 10.6 Å². The summed E-state index contributed by atoms with van der Waals surface area (Å²) >= 11 is 1.56. The number of carbonyl (C=O) groups excluding carboxylic acids is 1. The lowest BCUT2D eigenvalue weighted by atomic mass is 10.1. The molecule has 160 valence electrons. The average Bonchev–Trinajstić information content (AvgIpc) is 3.13. The van der Waals surface area contributed by atoms with Gasteiger partial charge in [-0.05, 0) is 79.8 Å². The van der Waals surface area contributed by atoms with Gasteiger partial charge in [0.15, 0.2) is 0 Å². The van der Waals surface area contributed by atoms with Gasteiger partial charge in [-0.2, -0.15) is 0 Å². The van der Waals surface area contributed by atoms with Gasteiger partial charge in [0.2, 0.25) is 0 Å². The van der Waals surface area contributed by atoms with Crippen molar-refractivity contribution >= 4 is 39.1 Å². The number of benzene rings is 3. The molecule has 0 spiro atoms. The number of sulfonamides is 1. The van der Waals surface area contributed by atoms with Gasteiger partial charge in [-0.15, -0.1) is 11.8 Å². The number of fused-ring (bicyclic) bond motifs is 1. The van der Waals surface area contributed by atoms with Crippen molar-refractivity contribution in [2.24, 2.45) is 0 Å². The molecule has 3 aromatic carbocycles. The zero-order chi connectivity index (χ0) is 22.2. The number of hydrogen-bond donors (Lipinski definition) is 0. The van der Waals surface area contributed by atoms with Crippen LogP contribution in [0, 0.1) is 0 Å². The van der Waals surface area contributed by atoms with Crippen molar-refractivity contribution in [3.8, 4) is 0 Å². The first-order valence-corrected chi connectivity index (χ1v) is 12.6. The summed E-state index contributed by atoms with van der Waals surface area (Å²) in [6.07, 6.45) is 2.77. The molecule has 31 heavy (non-hydrogen) atoms. The van der Waals surface area contributed by atoms with Crippen LogP contribution in [-0.4, -0.2) is 33.7 Å². The maximum absolute atomic E-state index is 13.2. The van der Waals surface area contributed by atoms with E-state index < -0.39 is 10.0 Å². The van der Waals surface area contributed by atoms with Crippen LogP contribution in [-0.2, 0) is 16.4 Å². The molecule has 1 atom stereocenters. The lowest BCUT2D eigenvalue weighted by Crippen LogP contribution is -2.35. The molecule has 1 aliphatic heterocycles. The molecule has 0 fully saturated rings. The molecule has 5 nitrogen and oxygen atoms in total. The van der Waals surface area contributed by atoms with Crippen molar-refractivity contribution in [1.82, 2.24) is 0 Å². The molecule has 1 aliphatic rings. The first-order valence-electron chi connectivity index (χ1n) is 9.97. The van der Waals surface area contributed by atoms with Gasteiger partial charge in [-0.25, -0.2) is 8.42 Å². The first kappa shape index (κ1) is 21.5. The molecule has 0 saturated heterocycles. The van der Waals surface area contributed by atoms with E-state index in [1.54, 1.807) is 60.3 Å². The molecule has 0 saturated carbocycles. The lowest BCUT2D eigenvalue weighted by molar-refractivity contribution is 0.0981. The van der Waals surface area contributed by atoms with Crippen molar-refractivity contribution in [1.29, 1.82) is 0 Å². The molecule has 1 heterocycles. The summed E-state index contributed by atoms with van der Waals surface area (Å²) < 4.78 is 27.2. The Bertz CT molecular complexity index is 1210. The van der Waals surface area contributed by atoms with E-state index in [0.29, 0.717) is 11.3 Å². The molecule has 7 heteroatoms. The smallest absolute Gasteiger partial charge is 0.264 e.